The van der Waals surface area contributed by atoms with Crippen LogP contribution >= 0.6 is 0 Å². The highest BCUT2D eigenvalue weighted by Gasteiger charge is 2.55. The highest BCUT2D eigenvalue weighted by Crippen LogP contribution is 2.51. The zero-order chi connectivity index (χ0) is 11.8. The molecule has 1 fully saturated rings. The van der Waals surface area contributed by atoms with Crippen LogP contribution in [0.15, 0.2) is 18.3 Å². The first kappa shape index (κ1) is 11.1. The molecule has 1 aliphatic rings. The van der Waals surface area contributed by atoms with Gasteiger partial charge in [-0.15, -0.1) is 0 Å². The van der Waals surface area contributed by atoms with Crippen LogP contribution in [0.5, 0.6) is 0 Å². The Morgan fingerprint density at radius 1 is 1.56 bits per heavy atom. The fourth-order valence-electron chi connectivity index (χ4n) is 2.11. The Bertz CT molecular complexity index is 395. The Labute approximate surface area is 94.3 Å². The summed E-state index contributed by atoms with van der Waals surface area (Å²) in [5.74, 6) is -0.914. The maximum absolute atomic E-state index is 11.1. The number of nitrogens with zero attached hydrogens (tertiary/aromatic N) is 1. The Kier molecular flexibility index (Phi) is 2.68. The molecule has 2 rings (SSSR count). The number of aromatic nitrogens is 1. The van der Waals surface area contributed by atoms with Gasteiger partial charge in [-0.3, -0.25) is 4.98 Å². The molecule has 1 heterocycles. The molecule has 4 heteroatoms. The SMILES string of the molecule is COC(C(=O)O)C1(c2ccc(C)cn2)CC1. The molecular weight excluding hydrogens is 206 g/mol. The van der Waals surface area contributed by atoms with Gasteiger partial charge < -0.3 is 9.84 Å². The Balaban J connectivity index is 2.31. The Morgan fingerprint density at radius 2 is 2.25 bits per heavy atom. The molecule has 1 aromatic rings. The van der Waals surface area contributed by atoms with Crippen molar-refractivity contribution < 1.29 is 14.6 Å². The molecule has 4 nitrogen and oxygen atoms in total. The number of hydrogen-bond acceptors (Lipinski definition) is 3. The summed E-state index contributed by atoms with van der Waals surface area (Å²) in [6, 6.07) is 3.86. The van der Waals surface area contributed by atoms with E-state index >= 15 is 0 Å². The van der Waals surface area contributed by atoms with Gasteiger partial charge in [0, 0.05) is 24.4 Å². The van der Waals surface area contributed by atoms with Crippen LogP contribution in [-0.4, -0.2) is 29.3 Å². The molecule has 1 unspecified atom stereocenters. The maximum atomic E-state index is 11.1. The number of pyridine rings is 1. The van der Waals surface area contributed by atoms with E-state index in [1.165, 1.54) is 7.11 Å². The lowest BCUT2D eigenvalue weighted by Crippen LogP contribution is -2.36. The number of methoxy groups -OCH3 is 1. The summed E-state index contributed by atoms with van der Waals surface area (Å²) < 4.78 is 5.08. The van der Waals surface area contributed by atoms with E-state index in [2.05, 4.69) is 4.98 Å². The minimum atomic E-state index is -0.914. The lowest BCUT2D eigenvalue weighted by molar-refractivity contribution is -0.150. The average Bonchev–Trinajstić information content (AvgIpc) is 3.01. The fraction of sp³-hybridized carbons (Fsp3) is 0.500. The highest BCUT2D eigenvalue weighted by molar-refractivity contribution is 5.75. The van der Waals surface area contributed by atoms with E-state index in [0.717, 1.165) is 24.1 Å². The van der Waals surface area contributed by atoms with E-state index in [9.17, 15) is 4.79 Å². The van der Waals surface area contributed by atoms with E-state index in [1.54, 1.807) is 6.20 Å². The van der Waals surface area contributed by atoms with Crippen LogP contribution in [-0.2, 0) is 14.9 Å². The monoisotopic (exact) mass is 221 g/mol. The van der Waals surface area contributed by atoms with E-state index in [-0.39, 0.29) is 0 Å². The van der Waals surface area contributed by atoms with Crippen molar-refractivity contribution in [3.05, 3.63) is 29.6 Å². The average molecular weight is 221 g/mol. The first-order valence-electron chi connectivity index (χ1n) is 5.29. The van der Waals surface area contributed by atoms with Gasteiger partial charge in [0.2, 0.25) is 0 Å². The second-order valence-electron chi connectivity index (χ2n) is 4.33. The predicted octanol–water partition coefficient (Wildman–Crippen LogP) is 1.52. The highest BCUT2D eigenvalue weighted by atomic mass is 16.5. The summed E-state index contributed by atoms with van der Waals surface area (Å²) in [6.07, 6.45) is 2.63. The summed E-state index contributed by atoms with van der Waals surface area (Å²) in [7, 11) is 1.44. The third kappa shape index (κ3) is 1.69. The van der Waals surface area contributed by atoms with Gasteiger partial charge in [-0.2, -0.15) is 0 Å². The molecule has 1 aliphatic carbocycles. The third-order valence-electron chi connectivity index (χ3n) is 3.17. The second-order valence-corrected chi connectivity index (χ2v) is 4.33. The van der Waals surface area contributed by atoms with Gasteiger partial charge in [-0.25, -0.2) is 4.79 Å². The molecule has 16 heavy (non-hydrogen) atoms. The smallest absolute Gasteiger partial charge is 0.333 e. The number of aliphatic carboxylic acids is 1. The van der Waals surface area contributed by atoms with E-state index in [1.807, 2.05) is 19.1 Å². The predicted molar refractivity (Wildman–Crippen MR) is 58.3 cm³/mol. The largest absolute Gasteiger partial charge is 0.479 e. The molecule has 0 bridgehead atoms. The van der Waals surface area contributed by atoms with Crippen molar-refractivity contribution >= 4 is 5.97 Å². The van der Waals surface area contributed by atoms with Gasteiger partial charge in [0.1, 0.15) is 0 Å². The zero-order valence-electron chi connectivity index (χ0n) is 9.43. The van der Waals surface area contributed by atoms with Crippen molar-refractivity contribution in [2.24, 2.45) is 0 Å². The third-order valence-corrected chi connectivity index (χ3v) is 3.17. The zero-order valence-corrected chi connectivity index (χ0v) is 9.43. The van der Waals surface area contributed by atoms with E-state index < -0.39 is 17.5 Å². The van der Waals surface area contributed by atoms with Crippen LogP contribution in [0.2, 0.25) is 0 Å². The summed E-state index contributed by atoms with van der Waals surface area (Å²) in [5.41, 5.74) is 1.49. The number of ether oxygens (including phenoxy) is 1. The number of carboxylic acids is 1. The molecule has 1 atom stereocenters. The summed E-state index contributed by atoms with van der Waals surface area (Å²) in [5, 5.41) is 9.11. The topological polar surface area (TPSA) is 59.4 Å². The molecule has 0 aliphatic heterocycles. The summed E-state index contributed by atoms with van der Waals surface area (Å²) >= 11 is 0. The minimum absolute atomic E-state index is 0.408. The number of carbonyl (C=O) groups is 1. The summed E-state index contributed by atoms with van der Waals surface area (Å²) in [4.78, 5) is 15.4. The lowest BCUT2D eigenvalue weighted by Gasteiger charge is -2.21. The first-order valence-corrected chi connectivity index (χ1v) is 5.29. The van der Waals surface area contributed by atoms with Crippen molar-refractivity contribution in [3.63, 3.8) is 0 Å². The van der Waals surface area contributed by atoms with Crippen molar-refractivity contribution in [2.45, 2.75) is 31.3 Å². The van der Waals surface area contributed by atoms with Crippen LogP contribution in [0.1, 0.15) is 24.1 Å². The minimum Gasteiger partial charge on any atom is -0.479 e. The van der Waals surface area contributed by atoms with Crippen molar-refractivity contribution in [1.29, 1.82) is 0 Å². The molecule has 0 radical (unpaired) electrons. The van der Waals surface area contributed by atoms with E-state index in [0.29, 0.717) is 0 Å². The number of rotatable bonds is 4. The van der Waals surface area contributed by atoms with Gasteiger partial charge in [-0.05, 0) is 31.4 Å². The van der Waals surface area contributed by atoms with Crippen LogP contribution in [0, 0.1) is 6.92 Å². The second kappa shape index (κ2) is 3.87. The van der Waals surface area contributed by atoms with Crippen molar-refractivity contribution in [1.82, 2.24) is 4.98 Å². The number of carboxylic acid groups (broad SMARTS) is 1. The van der Waals surface area contributed by atoms with Crippen molar-refractivity contribution in [2.75, 3.05) is 7.11 Å². The molecule has 1 aromatic heterocycles. The fourth-order valence-corrected chi connectivity index (χ4v) is 2.11. The normalized spacial score (nSPS) is 19.1. The number of hydrogen-bond donors (Lipinski definition) is 1. The Hall–Kier alpha value is -1.42. The van der Waals surface area contributed by atoms with Crippen LogP contribution in [0.4, 0.5) is 0 Å². The van der Waals surface area contributed by atoms with Crippen LogP contribution < -0.4 is 0 Å². The van der Waals surface area contributed by atoms with Crippen LogP contribution in [0.25, 0.3) is 0 Å². The molecular formula is C12H15NO3. The molecule has 0 aromatic carbocycles. The van der Waals surface area contributed by atoms with Crippen LogP contribution in [0.3, 0.4) is 0 Å². The van der Waals surface area contributed by atoms with Gasteiger partial charge in [0.15, 0.2) is 6.10 Å². The molecule has 1 saturated carbocycles. The summed E-state index contributed by atoms with van der Waals surface area (Å²) in [6.45, 7) is 1.96. The standard InChI is InChI=1S/C12H15NO3/c1-8-3-4-9(13-7-8)12(5-6-12)10(16-2)11(14)15/h3-4,7,10H,5-6H2,1-2H3,(H,14,15). The van der Waals surface area contributed by atoms with Gasteiger partial charge in [-0.1, -0.05) is 6.07 Å². The number of aryl methyl sites for hydroxylation is 1. The molecule has 0 amide bonds. The first-order chi connectivity index (χ1) is 7.60. The van der Waals surface area contributed by atoms with Gasteiger partial charge in [0.25, 0.3) is 0 Å². The van der Waals surface area contributed by atoms with Gasteiger partial charge in [0.05, 0.1) is 0 Å². The molecule has 1 N–H and O–H groups in total. The quantitative estimate of drug-likeness (QED) is 0.837. The molecule has 0 saturated heterocycles. The Morgan fingerprint density at radius 3 is 2.62 bits per heavy atom. The maximum Gasteiger partial charge on any atom is 0.333 e. The van der Waals surface area contributed by atoms with Gasteiger partial charge >= 0.3 is 5.97 Å². The lowest BCUT2D eigenvalue weighted by atomic mass is 9.94. The van der Waals surface area contributed by atoms with Crippen molar-refractivity contribution in [3.8, 4) is 0 Å². The van der Waals surface area contributed by atoms with E-state index in [4.69, 9.17) is 9.84 Å². The molecule has 0 spiro atoms. The molecule has 86 valence electrons.